The first-order chi connectivity index (χ1) is 12.6. The molecule has 0 aromatic carbocycles. The third-order valence-electron chi connectivity index (χ3n) is 4.75. The van der Waals surface area contributed by atoms with Gasteiger partial charge in [0.25, 0.3) is 0 Å². The van der Waals surface area contributed by atoms with Crippen LogP contribution in [0.1, 0.15) is 96.3 Å². The Labute approximate surface area is 159 Å². The molecule has 0 saturated carbocycles. The average molecular weight is 372 g/mol. The van der Waals surface area contributed by atoms with E-state index in [4.69, 9.17) is 16.6 Å². The summed E-state index contributed by atoms with van der Waals surface area (Å²) in [6, 6.07) is -0.669. The van der Waals surface area contributed by atoms with Crippen LogP contribution in [0.25, 0.3) is 0 Å². The monoisotopic (exact) mass is 371 g/mol. The molecule has 0 spiro atoms. The van der Waals surface area contributed by atoms with E-state index in [2.05, 4.69) is 5.32 Å². The summed E-state index contributed by atoms with van der Waals surface area (Å²) in [7, 11) is 0. The van der Waals surface area contributed by atoms with Crippen LogP contribution in [0, 0.1) is 0 Å². The van der Waals surface area contributed by atoms with Gasteiger partial charge in [-0.1, -0.05) is 70.6 Å². The summed E-state index contributed by atoms with van der Waals surface area (Å²) < 4.78 is 0. The van der Waals surface area contributed by atoms with Gasteiger partial charge in [-0.3, -0.25) is 9.59 Å². The van der Waals surface area contributed by atoms with Crippen molar-refractivity contribution in [3.8, 4) is 0 Å². The highest BCUT2D eigenvalue weighted by atomic mass is 16.4. The minimum absolute atomic E-state index is 0.109. The fraction of sp³-hybridized carbons (Fsp3) is 0.900. The number of hydrogen-bond donors (Lipinski definition) is 4. The predicted octanol–water partition coefficient (Wildman–Crippen LogP) is 3.32. The summed E-state index contributed by atoms with van der Waals surface area (Å²) in [5.41, 5.74) is 10.5. The van der Waals surface area contributed by atoms with Crippen molar-refractivity contribution in [3.05, 3.63) is 0 Å². The summed E-state index contributed by atoms with van der Waals surface area (Å²) in [6.45, 7) is 1.51. The van der Waals surface area contributed by atoms with E-state index in [0.29, 0.717) is 6.54 Å². The first kappa shape index (κ1) is 24.9. The number of rotatable bonds is 20. The second-order valence-corrected chi connectivity index (χ2v) is 7.23. The van der Waals surface area contributed by atoms with Crippen LogP contribution in [0.15, 0.2) is 0 Å². The van der Waals surface area contributed by atoms with Gasteiger partial charge in [-0.2, -0.15) is 0 Å². The molecular formula is C20H41N3O3. The molecule has 1 unspecified atom stereocenters. The number of carbonyl (C=O) groups is 2. The van der Waals surface area contributed by atoms with Gasteiger partial charge < -0.3 is 21.9 Å². The summed E-state index contributed by atoms with van der Waals surface area (Å²) >= 11 is 0. The van der Waals surface area contributed by atoms with E-state index in [0.717, 1.165) is 19.4 Å². The van der Waals surface area contributed by atoms with Crippen molar-refractivity contribution in [2.45, 2.75) is 102 Å². The van der Waals surface area contributed by atoms with E-state index in [1.54, 1.807) is 0 Å². The highest BCUT2D eigenvalue weighted by Crippen LogP contribution is 2.12. The highest BCUT2D eigenvalue weighted by molar-refractivity contribution is 5.77. The van der Waals surface area contributed by atoms with Crippen LogP contribution < -0.4 is 16.8 Å². The van der Waals surface area contributed by atoms with Crippen molar-refractivity contribution in [3.63, 3.8) is 0 Å². The molecule has 0 aromatic rings. The molecule has 0 rings (SSSR count). The maximum Gasteiger partial charge on any atom is 0.320 e. The van der Waals surface area contributed by atoms with Gasteiger partial charge in [0.2, 0.25) is 5.91 Å². The van der Waals surface area contributed by atoms with Crippen LogP contribution in [0.2, 0.25) is 0 Å². The number of carboxylic acid groups (broad SMARTS) is 1. The van der Waals surface area contributed by atoms with Crippen LogP contribution in [0.4, 0.5) is 0 Å². The number of hydrogen-bond acceptors (Lipinski definition) is 4. The first-order valence-corrected chi connectivity index (χ1v) is 10.5. The van der Waals surface area contributed by atoms with Crippen molar-refractivity contribution in [1.82, 2.24) is 5.32 Å². The molecule has 1 atom stereocenters. The van der Waals surface area contributed by atoms with Crippen LogP contribution in [-0.4, -0.2) is 36.1 Å². The standard InChI is InChI=1S/C20H41N3O3/c21-16-12-10-8-6-4-2-1-3-5-7-9-11-13-17-23-18(20(25)26)14-15-19(22)24/h18,23H,1-17,21H2,(H2,22,24)(H,25,26). The molecule has 0 heterocycles. The number of unbranched alkanes of at least 4 members (excludes halogenated alkanes) is 12. The van der Waals surface area contributed by atoms with Crippen molar-refractivity contribution >= 4 is 11.9 Å². The number of nitrogens with two attached hydrogens (primary N) is 2. The van der Waals surface area contributed by atoms with Crippen molar-refractivity contribution in [1.29, 1.82) is 0 Å². The van der Waals surface area contributed by atoms with E-state index in [9.17, 15) is 9.59 Å². The topological polar surface area (TPSA) is 118 Å². The van der Waals surface area contributed by atoms with E-state index in [1.165, 1.54) is 70.6 Å². The zero-order valence-electron chi connectivity index (χ0n) is 16.5. The number of aliphatic carboxylic acids is 1. The fourth-order valence-electron chi connectivity index (χ4n) is 3.09. The second-order valence-electron chi connectivity index (χ2n) is 7.23. The Morgan fingerprint density at radius 3 is 1.58 bits per heavy atom. The third-order valence-corrected chi connectivity index (χ3v) is 4.75. The summed E-state index contributed by atoms with van der Waals surface area (Å²) in [5.74, 6) is -1.37. The zero-order valence-corrected chi connectivity index (χ0v) is 16.5. The van der Waals surface area contributed by atoms with Crippen LogP contribution in [0.3, 0.4) is 0 Å². The minimum Gasteiger partial charge on any atom is -0.480 e. The van der Waals surface area contributed by atoms with Gasteiger partial charge in [-0.15, -0.1) is 0 Å². The Balaban J connectivity index is 3.32. The molecule has 26 heavy (non-hydrogen) atoms. The molecule has 0 fully saturated rings. The maximum absolute atomic E-state index is 11.1. The number of carboxylic acids is 1. The summed E-state index contributed by atoms with van der Waals surface area (Å²) in [6.07, 6.45) is 16.8. The average Bonchev–Trinajstić information content (AvgIpc) is 2.60. The number of amides is 1. The lowest BCUT2D eigenvalue weighted by Crippen LogP contribution is -2.38. The van der Waals surface area contributed by atoms with Crippen LogP contribution >= 0.6 is 0 Å². The molecule has 6 N–H and O–H groups in total. The van der Waals surface area contributed by atoms with Gasteiger partial charge in [0.05, 0.1) is 0 Å². The number of primary amides is 1. The number of carbonyl (C=O) groups excluding carboxylic acids is 1. The molecule has 0 aliphatic heterocycles. The molecule has 154 valence electrons. The molecular weight excluding hydrogens is 330 g/mol. The molecule has 6 heteroatoms. The lowest BCUT2D eigenvalue weighted by Gasteiger charge is -2.13. The third kappa shape index (κ3) is 17.7. The van der Waals surface area contributed by atoms with E-state index in [1.807, 2.05) is 0 Å². The van der Waals surface area contributed by atoms with Crippen LogP contribution in [-0.2, 0) is 9.59 Å². The summed E-state index contributed by atoms with van der Waals surface area (Å²) in [4.78, 5) is 21.8. The lowest BCUT2D eigenvalue weighted by molar-refractivity contribution is -0.139. The van der Waals surface area contributed by atoms with Gasteiger partial charge in [0.15, 0.2) is 0 Å². The highest BCUT2D eigenvalue weighted by Gasteiger charge is 2.16. The Bertz CT molecular complexity index is 351. The molecule has 1 amide bonds. The molecule has 0 radical (unpaired) electrons. The van der Waals surface area contributed by atoms with Crippen molar-refractivity contribution in [2.24, 2.45) is 11.5 Å². The lowest BCUT2D eigenvalue weighted by atomic mass is 10.0. The molecule has 0 aliphatic carbocycles. The van der Waals surface area contributed by atoms with Crippen molar-refractivity contribution in [2.75, 3.05) is 13.1 Å². The quantitative estimate of drug-likeness (QED) is 0.245. The molecule has 0 saturated heterocycles. The van der Waals surface area contributed by atoms with Gasteiger partial charge >= 0.3 is 5.97 Å². The van der Waals surface area contributed by atoms with E-state index in [-0.39, 0.29) is 12.8 Å². The predicted molar refractivity (Wildman–Crippen MR) is 107 cm³/mol. The Hall–Kier alpha value is -1.14. The van der Waals surface area contributed by atoms with Crippen LogP contribution in [0.5, 0.6) is 0 Å². The Kier molecular flexibility index (Phi) is 17.8. The van der Waals surface area contributed by atoms with Crippen molar-refractivity contribution < 1.29 is 14.7 Å². The SMILES string of the molecule is NCCCCCCCCCCCCCCCNC(CCC(N)=O)C(=O)O. The fourth-order valence-corrected chi connectivity index (χ4v) is 3.09. The Morgan fingerprint density at radius 1 is 0.769 bits per heavy atom. The molecule has 6 nitrogen and oxygen atoms in total. The molecule has 0 aromatic heterocycles. The van der Waals surface area contributed by atoms with Gasteiger partial charge in [-0.05, 0) is 32.4 Å². The van der Waals surface area contributed by atoms with Gasteiger partial charge in [0.1, 0.15) is 6.04 Å². The maximum atomic E-state index is 11.1. The normalized spacial score (nSPS) is 12.2. The van der Waals surface area contributed by atoms with E-state index >= 15 is 0 Å². The van der Waals surface area contributed by atoms with Gasteiger partial charge in [0, 0.05) is 6.42 Å². The molecule has 0 bridgehead atoms. The van der Waals surface area contributed by atoms with Gasteiger partial charge in [-0.25, -0.2) is 0 Å². The minimum atomic E-state index is -0.911. The zero-order chi connectivity index (χ0) is 19.5. The number of nitrogens with one attached hydrogen (secondary N) is 1. The largest absolute Gasteiger partial charge is 0.480 e. The van der Waals surface area contributed by atoms with E-state index < -0.39 is 17.9 Å². The second kappa shape index (κ2) is 18.6. The Morgan fingerprint density at radius 2 is 1.19 bits per heavy atom. The molecule has 0 aliphatic rings. The summed E-state index contributed by atoms with van der Waals surface area (Å²) in [5, 5.41) is 12.1. The first-order valence-electron chi connectivity index (χ1n) is 10.5. The smallest absolute Gasteiger partial charge is 0.320 e.